The third kappa shape index (κ3) is 4.05. The Balaban J connectivity index is 1.69. The molecule has 0 saturated carbocycles. The fourth-order valence-electron chi connectivity index (χ4n) is 2.77. The molecule has 0 fully saturated rings. The number of benzene rings is 2. The molecule has 0 N–H and O–H groups in total. The Bertz CT molecular complexity index is 886. The van der Waals surface area contributed by atoms with Gasteiger partial charge in [0.25, 0.3) is 0 Å². The minimum absolute atomic E-state index is 0.102. The number of aromatic nitrogens is 3. The van der Waals surface area contributed by atoms with Crippen LogP contribution in [0.2, 0.25) is 0 Å². The van der Waals surface area contributed by atoms with E-state index in [4.69, 9.17) is 0 Å². The molecule has 0 spiro atoms. The molecule has 0 amide bonds. The molecule has 0 radical (unpaired) electrons. The van der Waals surface area contributed by atoms with Crippen molar-refractivity contribution >= 4 is 17.5 Å². The number of hydrogen-bond donors (Lipinski definition) is 0. The van der Waals surface area contributed by atoms with Crippen LogP contribution in [0.15, 0.2) is 60.0 Å². The molecule has 0 aliphatic rings. The lowest BCUT2D eigenvalue weighted by molar-refractivity contribution is 0.102. The number of rotatable bonds is 7. The Morgan fingerprint density at radius 1 is 1.15 bits per heavy atom. The van der Waals surface area contributed by atoms with Crippen molar-refractivity contribution in [1.29, 1.82) is 0 Å². The summed E-state index contributed by atoms with van der Waals surface area (Å²) in [6.07, 6.45) is 2.79. The number of nitrogens with zero attached hydrogens (tertiary/aromatic N) is 3. The first-order chi connectivity index (χ1) is 12.6. The van der Waals surface area contributed by atoms with Gasteiger partial charge in [-0.2, -0.15) is 0 Å². The van der Waals surface area contributed by atoms with E-state index in [-0.39, 0.29) is 5.78 Å². The first kappa shape index (κ1) is 18.4. The van der Waals surface area contributed by atoms with Gasteiger partial charge in [0.1, 0.15) is 6.33 Å². The van der Waals surface area contributed by atoms with Gasteiger partial charge in [-0.05, 0) is 36.5 Å². The van der Waals surface area contributed by atoms with E-state index >= 15 is 0 Å². The van der Waals surface area contributed by atoms with Crippen molar-refractivity contribution in [2.75, 3.05) is 5.75 Å². The Hall–Kier alpha value is -2.40. The van der Waals surface area contributed by atoms with Crippen LogP contribution in [0.1, 0.15) is 47.7 Å². The number of Topliss-reactive ketones (excluding diaryl/α,β-unsaturated/α-hetero) is 1. The molecule has 4 nitrogen and oxygen atoms in total. The van der Waals surface area contributed by atoms with Gasteiger partial charge in [-0.1, -0.05) is 68.1 Å². The van der Waals surface area contributed by atoms with Crippen LogP contribution in [0.5, 0.6) is 0 Å². The molecule has 1 atom stereocenters. The zero-order valence-electron chi connectivity index (χ0n) is 15.3. The van der Waals surface area contributed by atoms with Crippen molar-refractivity contribution < 1.29 is 4.79 Å². The van der Waals surface area contributed by atoms with E-state index in [0.29, 0.717) is 11.7 Å². The van der Waals surface area contributed by atoms with E-state index in [0.717, 1.165) is 28.4 Å². The second-order valence-electron chi connectivity index (χ2n) is 6.41. The van der Waals surface area contributed by atoms with E-state index in [1.807, 2.05) is 47.9 Å². The number of ketones is 1. The third-order valence-corrected chi connectivity index (χ3v) is 5.58. The standard InChI is InChI=1S/C21H23N3OS/c1-4-15(2)17-9-11-18(12-10-17)20(25)13-26-21-23-22-14-24(21)19-8-6-5-7-16(19)3/h5-12,14-15H,4,13H2,1-3H3/t15-/m0/s1. The van der Waals surface area contributed by atoms with E-state index in [1.54, 1.807) is 6.33 Å². The highest BCUT2D eigenvalue weighted by molar-refractivity contribution is 7.99. The van der Waals surface area contributed by atoms with Gasteiger partial charge in [0.2, 0.25) is 0 Å². The van der Waals surface area contributed by atoms with Crippen LogP contribution in [0.4, 0.5) is 0 Å². The van der Waals surface area contributed by atoms with Crippen molar-refractivity contribution in [3.8, 4) is 5.69 Å². The molecular weight excluding hydrogens is 342 g/mol. The molecule has 0 aliphatic carbocycles. The lowest BCUT2D eigenvalue weighted by atomic mass is 9.97. The average Bonchev–Trinajstić information content (AvgIpc) is 3.14. The Labute approximate surface area is 158 Å². The van der Waals surface area contributed by atoms with Gasteiger partial charge in [0.15, 0.2) is 10.9 Å². The molecule has 3 aromatic rings. The number of aryl methyl sites for hydroxylation is 1. The predicted molar refractivity (Wildman–Crippen MR) is 106 cm³/mol. The summed E-state index contributed by atoms with van der Waals surface area (Å²) in [5.74, 6) is 0.957. The topological polar surface area (TPSA) is 47.8 Å². The summed E-state index contributed by atoms with van der Waals surface area (Å²) in [6.45, 7) is 6.42. The van der Waals surface area contributed by atoms with Gasteiger partial charge in [-0.15, -0.1) is 10.2 Å². The first-order valence-corrected chi connectivity index (χ1v) is 9.80. The van der Waals surface area contributed by atoms with Gasteiger partial charge < -0.3 is 0 Å². The van der Waals surface area contributed by atoms with Crippen LogP contribution in [0.25, 0.3) is 5.69 Å². The molecule has 5 heteroatoms. The summed E-state index contributed by atoms with van der Waals surface area (Å²) >= 11 is 1.42. The quantitative estimate of drug-likeness (QED) is 0.433. The summed E-state index contributed by atoms with van der Waals surface area (Å²) in [6, 6.07) is 16.0. The Morgan fingerprint density at radius 2 is 1.88 bits per heavy atom. The second-order valence-corrected chi connectivity index (χ2v) is 7.36. The van der Waals surface area contributed by atoms with Gasteiger partial charge in [0.05, 0.1) is 11.4 Å². The largest absolute Gasteiger partial charge is 0.293 e. The van der Waals surface area contributed by atoms with E-state index < -0.39 is 0 Å². The number of carbonyl (C=O) groups is 1. The van der Waals surface area contributed by atoms with Crippen molar-refractivity contribution in [2.24, 2.45) is 0 Å². The lowest BCUT2D eigenvalue weighted by Gasteiger charge is -2.10. The van der Waals surface area contributed by atoms with Gasteiger partial charge in [-0.25, -0.2) is 0 Å². The van der Waals surface area contributed by atoms with Crippen molar-refractivity contribution in [1.82, 2.24) is 14.8 Å². The van der Waals surface area contributed by atoms with Crippen LogP contribution in [-0.4, -0.2) is 26.3 Å². The molecule has 0 saturated heterocycles. The maximum atomic E-state index is 12.5. The fraction of sp³-hybridized carbons (Fsp3) is 0.286. The van der Waals surface area contributed by atoms with Crippen molar-refractivity contribution in [2.45, 2.75) is 38.3 Å². The number of hydrogen-bond acceptors (Lipinski definition) is 4. The highest BCUT2D eigenvalue weighted by Crippen LogP contribution is 2.23. The maximum absolute atomic E-state index is 12.5. The molecule has 26 heavy (non-hydrogen) atoms. The second kappa shape index (κ2) is 8.32. The van der Waals surface area contributed by atoms with Crippen molar-refractivity contribution in [3.05, 3.63) is 71.5 Å². The van der Waals surface area contributed by atoms with Crippen LogP contribution in [0, 0.1) is 6.92 Å². The summed E-state index contributed by atoms with van der Waals surface area (Å²) in [4.78, 5) is 12.5. The SMILES string of the molecule is CC[C@H](C)c1ccc(C(=O)CSc2nncn2-c2ccccc2C)cc1. The predicted octanol–water partition coefficient (Wildman–Crippen LogP) is 5.06. The molecule has 0 bridgehead atoms. The number of para-hydroxylation sites is 1. The third-order valence-electron chi connectivity index (χ3n) is 4.64. The molecule has 2 aromatic carbocycles. The monoisotopic (exact) mass is 365 g/mol. The molecular formula is C21H23N3OS. The van der Waals surface area contributed by atoms with E-state index in [2.05, 4.69) is 36.2 Å². The van der Waals surface area contributed by atoms with Gasteiger partial charge in [0, 0.05) is 5.56 Å². The molecule has 1 aromatic heterocycles. The number of carbonyl (C=O) groups excluding carboxylic acids is 1. The normalized spacial score (nSPS) is 12.1. The van der Waals surface area contributed by atoms with Crippen LogP contribution in [0.3, 0.4) is 0 Å². The number of thioether (sulfide) groups is 1. The van der Waals surface area contributed by atoms with Gasteiger partial charge in [-0.3, -0.25) is 9.36 Å². The molecule has 1 heterocycles. The Kier molecular flexibility index (Phi) is 5.89. The van der Waals surface area contributed by atoms with Crippen LogP contribution >= 0.6 is 11.8 Å². The summed E-state index contributed by atoms with van der Waals surface area (Å²) < 4.78 is 1.93. The zero-order chi connectivity index (χ0) is 18.5. The average molecular weight is 366 g/mol. The van der Waals surface area contributed by atoms with Gasteiger partial charge >= 0.3 is 0 Å². The lowest BCUT2D eigenvalue weighted by Crippen LogP contribution is -2.05. The first-order valence-electron chi connectivity index (χ1n) is 8.82. The Morgan fingerprint density at radius 3 is 2.58 bits per heavy atom. The molecule has 3 rings (SSSR count). The van der Waals surface area contributed by atoms with E-state index in [9.17, 15) is 4.79 Å². The molecule has 0 unspecified atom stereocenters. The van der Waals surface area contributed by atoms with Crippen LogP contribution in [-0.2, 0) is 0 Å². The summed E-state index contributed by atoms with van der Waals surface area (Å²) in [7, 11) is 0. The molecule has 134 valence electrons. The summed E-state index contributed by atoms with van der Waals surface area (Å²) in [5, 5.41) is 8.91. The highest BCUT2D eigenvalue weighted by Gasteiger charge is 2.13. The zero-order valence-corrected chi connectivity index (χ0v) is 16.2. The molecule has 0 aliphatic heterocycles. The highest BCUT2D eigenvalue weighted by atomic mass is 32.2. The maximum Gasteiger partial charge on any atom is 0.196 e. The van der Waals surface area contributed by atoms with E-state index in [1.165, 1.54) is 17.3 Å². The van der Waals surface area contributed by atoms with Crippen LogP contribution < -0.4 is 0 Å². The smallest absolute Gasteiger partial charge is 0.196 e. The minimum atomic E-state index is 0.102. The minimum Gasteiger partial charge on any atom is -0.293 e. The van der Waals surface area contributed by atoms with Crippen molar-refractivity contribution in [3.63, 3.8) is 0 Å². The summed E-state index contributed by atoms with van der Waals surface area (Å²) in [5.41, 5.74) is 4.19. The fourth-order valence-corrected chi connectivity index (χ4v) is 3.58.